The summed E-state index contributed by atoms with van der Waals surface area (Å²) in [7, 11) is 0. The number of fused-ring (bicyclic) bond motifs is 3. The number of aromatic nitrogens is 1. The van der Waals surface area contributed by atoms with Gasteiger partial charge in [-0.15, -0.1) is 0 Å². The highest BCUT2D eigenvalue weighted by Gasteiger charge is 2.53. The van der Waals surface area contributed by atoms with Gasteiger partial charge in [0.2, 0.25) is 5.91 Å². The van der Waals surface area contributed by atoms with Crippen molar-refractivity contribution in [2.75, 3.05) is 18.0 Å². The van der Waals surface area contributed by atoms with Crippen LogP contribution in [0.4, 0.5) is 5.69 Å². The molecule has 2 N–H and O–H groups in total. The Balaban J connectivity index is 1.63. The highest BCUT2D eigenvalue weighted by atomic mass is 79.9. The molecule has 1 saturated heterocycles. The maximum Gasteiger partial charge on any atom is 0.281 e. The Morgan fingerprint density at radius 3 is 2.50 bits per heavy atom. The Hall–Kier alpha value is -1.96. The number of benzene rings is 2. The predicted octanol–water partition coefficient (Wildman–Crippen LogP) is 4.50. The molecule has 28 heavy (non-hydrogen) atoms. The number of carbonyl (C=O) groups is 2. The summed E-state index contributed by atoms with van der Waals surface area (Å²) in [6, 6.07) is 13.4. The van der Waals surface area contributed by atoms with Gasteiger partial charge in [-0.3, -0.25) is 9.59 Å². The van der Waals surface area contributed by atoms with E-state index in [0.717, 1.165) is 38.5 Å². The highest BCUT2D eigenvalue weighted by Crippen LogP contribution is 2.48. The van der Waals surface area contributed by atoms with Crippen LogP contribution in [0.25, 0.3) is 10.9 Å². The zero-order valence-electron chi connectivity index (χ0n) is 14.9. The van der Waals surface area contributed by atoms with Crippen molar-refractivity contribution in [1.29, 1.82) is 0 Å². The predicted molar refractivity (Wildman–Crippen MR) is 116 cm³/mol. The second-order valence-corrected chi connectivity index (χ2v) is 9.19. The number of H-pyrrole nitrogens is 1. The van der Waals surface area contributed by atoms with Crippen molar-refractivity contribution in [2.45, 2.75) is 18.3 Å². The zero-order valence-corrected chi connectivity index (χ0v) is 18.1. The summed E-state index contributed by atoms with van der Waals surface area (Å²) in [4.78, 5) is 31.5. The summed E-state index contributed by atoms with van der Waals surface area (Å²) in [5.74, 6) is -0.428. The minimum atomic E-state index is -0.630. The van der Waals surface area contributed by atoms with Crippen LogP contribution < -0.4 is 10.2 Å². The van der Waals surface area contributed by atoms with E-state index in [-0.39, 0.29) is 11.8 Å². The van der Waals surface area contributed by atoms with E-state index >= 15 is 0 Å². The number of piperidine rings is 1. The highest BCUT2D eigenvalue weighted by molar-refractivity contribution is 9.10. The number of hydrogen-bond acceptors (Lipinski definition) is 3. The van der Waals surface area contributed by atoms with Crippen LogP contribution in [0.15, 0.2) is 51.4 Å². The van der Waals surface area contributed by atoms with Gasteiger partial charge in [0.25, 0.3) is 5.91 Å². The van der Waals surface area contributed by atoms with Gasteiger partial charge in [0.1, 0.15) is 5.69 Å². The second kappa shape index (κ2) is 6.54. The molecule has 7 heteroatoms. The molecule has 0 atom stereocenters. The molecule has 0 aliphatic carbocycles. The molecule has 2 aliphatic rings. The van der Waals surface area contributed by atoms with E-state index in [2.05, 4.69) is 42.2 Å². The van der Waals surface area contributed by atoms with Crippen LogP contribution in [0.5, 0.6) is 0 Å². The number of imide groups is 1. The fourth-order valence-electron chi connectivity index (χ4n) is 4.40. The molecule has 1 spiro atoms. The Labute approximate surface area is 178 Å². The molecule has 0 saturated carbocycles. The van der Waals surface area contributed by atoms with E-state index in [1.807, 2.05) is 42.5 Å². The van der Waals surface area contributed by atoms with E-state index in [1.165, 1.54) is 4.90 Å². The van der Waals surface area contributed by atoms with E-state index in [1.54, 1.807) is 0 Å². The van der Waals surface area contributed by atoms with Gasteiger partial charge in [0.05, 0.1) is 11.1 Å². The molecule has 1 fully saturated rings. The Bertz CT molecular complexity index is 1130. The molecular weight excluding hydrogens is 486 g/mol. The second-order valence-electron chi connectivity index (χ2n) is 7.35. The number of nitrogens with one attached hydrogen (secondary N) is 2. The van der Waals surface area contributed by atoms with Gasteiger partial charge >= 0.3 is 0 Å². The van der Waals surface area contributed by atoms with Gasteiger partial charge in [0.15, 0.2) is 0 Å². The lowest BCUT2D eigenvalue weighted by Gasteiger charge is -2.32. The van der Waals surface area contributed by atoms with Gasteiger partial charge in [-0.05, 0) is 67.9 Å². The van der Waals surface area contributed by atoms with Crippen LogP contribution in [0.2, 0.25) is 0 Å². The summed E-state index contributed by atoms with van der Waals surface area (Å²) in [6.45, 7) is 1.53. The van der Waals surface area contributed by atoms with Crippen LogP contribution in [0, 0.1) is 0 Å². The maximum atomic E-state index is 13.6. The summed E-state index contributed by atoms with van der Waals surface area (Å²) < 4.78 is 1.85. The lowest BCUT2D eigenvalue weighted by molar-refractivity contribution is -0.123. The summed E-state index contributed by atoms with van der Waals surface area (Å²) in [5, 5.41) is 4.26. The first kappa shape index (κ1) is 18.1. The van der Waals surface area contributed by atoms with Crippen LogP contribution in [0.3, 0.4) is 0 Å². The van der Waals surface area contributed by atoms with Crippen molar-refractivity contribution in [3.8, 4) is 0 Å². The quantitative estimate of drug-likeness (QED) is 0.481. The van der Waals surface area contributed by atoms with Crippen LogP contribution in [-0.2, 0) is 10.2 Å². The van der Waals surface area contributed by atoms with Gasteiger partial charge in [-0.2, -0.15) is 0 Å². The molecule has 2 aliphatic heterocycles. The number of hydrogen-bond donors (Lipinski definition) is 2. The number of halogens is 2. The molecule has 1 aromatic heterocycles. The van der Waals surface area contributed by atoms with Gasteiger partial charge in [-0.25, -0.2) is 4.90 Å². The van der Waals surface area contributed by atoms with Crippen molar-refractivity contribution < 1.29 is 9.59 Å². The molecule has 3 heterocycles. The van der Waals surface area contributed by atoms with Gasteiger partial charge in [-0.1, -0.05) is 37.9 Å². The Morgan fingerprint density at radius 2 is 1.71 bits per heavy atom. The first-order chi connectivity index (χ1) is 13.5. The fourth-order valence-corrected chi connectivity index (χ4v) is 5.12. The van der Waals surface area contributed by atoms with Gasteiger partial charge in [0, 0.05) is 19.8 Å². The Kier molecular flexibility index (Phi) is 4.23. The zero-order chi connectivity index (χ0) is 19.5. The monoisotopic (exact) mass is 501 g/mol. The number of aromatic amines is 1. The first-order valence-corrected chi connectivity index (χ1v) is 10.8. The van der Waals surface area contributed by atoms with Crippen LogP contribution in [0.1, 0.15) is 28.9 Å². The van der Waals surface area contributed by atoms with Crippen LogP contribution in [-0.4, -0.2) is 29.9 Å². The molecule has 0 unspecified atom stereocenters. The topological polar surface area (TPSA) is 65.2 Å². The minimum Gasteiger partial charge on any atom is -0.350 e. The number of nitrogens with zero attached hydrogens (tertiary/aromatic N) is 1. The van der Waals surface area contributed by atoms with E-state index in [9.17, 15) is 9.59 Å². The van der Waals surface area contributed by atoms with Crippen LogP contribution >= 0.6 is 31.9 Å². The normalized spacial score (nSPS) is 18.1. The third-order valence-corrected chi connectivity index (χ3v) is 6.79. The average molecular weight is 503 g/mol. The summed E-state index contributed by atoms with van der Waals surface area (Å²) in [6.07, 6.45) is 1.39. The van der Waals surface area contributed by atoms with Crippen molar-refractivity contribution >= 4 is 60.3 Å². The van der Waals surface area contributed by atoms with Gasteiger partial charge < -0.3 is 10.3 Å². The number of anilines is 1. The molecule has 0 radical (unpaired) electrons. The molecule has 5 nitrogen and oxygen atoms in total. The number of amides is 2. The molecule has 0 bridgehead atoms. The molecule has 142 valence electrons. The average Bonchev–Trinajstić information content (AvgIpc) is 3.21. The lowest BCUT2D eigenvalue weighted by atomic mass is 9.74. The molecule has 5 rings (SSSR count). The lowest BCUT2D eigenvalue weighted by Crippen LogP contribution is -2.48. The van der Waals surface area contributed by atoms with E-state index in [0.29, 0.717) is 24.2 Å². The third kappa shape index (κ3) is 2.60. The first-order valence-electron chi connectivity index (χ1n) is 9.17. The fraction of sp³-hybridized carbons (Fsp3) is 0.238. The van der Waals surface area contributed by atoms with Crippen molar-refractivity contribution in [2.24, 2.45) is 0 Å². The largest absolute Gasteiger partial charge is 0.350 e. The maximum absolute atomic E-state index is 13.6. The van der Waals surface area contributed by atoms with Crippen molar-refractivity contribution in [1.82, 2.24) is 10.3 Å². The van der Waals surface area contributed by atoms with E-state index in [4.69, 9.17) is 0 Å². The number of carbonyl (C=O) groups excluding carboxylic acids is 2. The third-order valence-electron chi connectivity index (χ3n) is 5.80. The van der Waals surface area contributed by atoms with Crippen molar-refractivity contribution in [3.63, 3.8) is 0 Å². The molecule has 2 aromatic carbocycles. The summed E-state index contributed by atoms with van der Waals surface area (Å²) >= 11 is 6.98. The van der Waals surface area contributed by atoms with Crippen molar-refractivity contribution in [3.05, 3.63) is 62.7 Å². The number of rotatable bonds is 1. The van der Waals surface area contributed by atoms with E-state index < -0.39 is 5.41 Å². The molecular formula is C21H17Br2N3O2. The molecule has 3 aromatic rings. The summed E-state index contributed by atoms with van der Waals surface area (Å²) in [5.41, 5.74) is 2.29. The molecule has 2 amide bonds. The Morgan fingerprint density at radius 1 is 1.00 bits per heavy atom. The standard InChI is InChI=1S/C21H17Br2N3O2/c22-13-3-4-18-15(10-13)21(5-7-24-8-6-21)20(28)26(18)19(27)17-9-12-1-2-14(23)11-16(12)25-17/h1-4,9-11,24-25H,5-8H2. The smallest absolute Gasteiger partial charge is 0.281 e. The minimum absolute atomic E-state index is 0.119. The SMILES string of the molecule is O=C(c1cc2ccc(Br)cc2[nH]1)N1C(=O)C2(CCNCC2)c2cc(Br)ccc21.